The summed E-state index contributed by atoms with van der Waals surface area (Å²) in [6, 6.07) is 17.3. The molecular weight excluding hydrogens is 470 g/mol. The second-order valence-electron chi connectivity index (χ2n) is 9.32. The first-order valence-corrected chi connectivity index (χ1v) is 12.5. The van der Waals surface area contributed by atoms with Crippen molar-refractivity contribution in [3.63, 3.8) is 0 Å². The summed E-state index contributed by atoms with van der Waals surface area (Å²) in [5.74, 6) is -0.303. The van der Waals surface area contributed by atoms with Gasteiger partial charge < -0.3 is 24.8 Å². The lowest BCUT2D eigenvalue weighted by atomic mass is 9.94. The quantitative estimate of drug-likeness (QED) is 0.443. The van der Waals surface area contributed by atoms with Crippen LogP contribution in [-0.4, -0.2) is 57.9 Å². The number of methoxy groups -OCH3 is 1. The lowest BCUT2D eigenvalue weighted by Crippen LogP contribution is -2.64. The van der Waals surface area contributed by atoms with Crippen molar-refractivity contribution in [2.24, 2.45) is 0 Å². The van der Waals surface area contributed by atoms with Gasteiger partial charge in [-0.05, 0) is 43.0 Å². The van der Waals surface area contributed by atoms with Crippen molar-refractivity contribution in [2.75, 3.05) is 20.2 Å². The fraction of sp³-hybridized carbons (Fsp3) is 0.357. The lowest BCUT2D eigenvalue weighted by molar-refractivity contribution is -0.133. The van der Waals surface area contributed by atoms with Gasteiger partial charge >= 0.3 is 0 Å². The first kappa shape index (κ1) is 25.9. The molecule has 1 atom stereocenters. The molecule has 1 aromatic heterocycles. The maximum absolute atomic E-state index is 13.6. The summed E-state index contributed by atoms with van der Waals surface area (Å²) in [5, 5.41) is 5.84. The Labute approximate surface area is 216 Å². The molecule has 9 heteroatoms. The number of nitrogens with zero attached hydrogens (tertiary/aromatic N) is 3. The van der Waals surface area contributed by atoms with Crippen molar-refractivity contribution in [2.45, 2.75) is 45.3 Å². The minimum atomic E-state index is -1.13. The Morgan fingerprint density at radius 3 is 2.46 bits per heavy atom. The van der Waals surface area contributed by atoms with Crippen LogP contribution < -0.4 is 15.4 Å². The standard InChI is InChI=1S/C28H33N5O4/c1-4-16-33-26(35)24-23(25(34)29-15-14-20-8-6-5-7-9-20)31-19-32(24)18-28(33,2)27(36)30-17-21-10-12-22(37-3)13-11-21/h5-13,19H,4,14-18H2,1-3H3,(H,29,34)(H,30,36). The summed E-state index contributed by atoms with van der Waals surface area (Å²) >= 11 is 0. The predicted octanol–water partition coefficient (Wildman–Crippen LogP) is 2.81. The molecule has 0 spiro atoms. The number of hydrogen-bond donors (Lipinski definition) is 2. The number of carbonyl (C=O) groups is 3. The normalized spacial score (nSPS) is 16.7. The maximum atomic E-state index is 13.6. The molecule has 1 aliphatic rings. The Morgan fingerprint density at radius 1 is 1.05 bits per heavy atom. The topological polar surface area (TPSA) is 106 Å². The first-order valence-electron chi connectivity index (χ1n) is 12.5. The Morgan fingerprint density at radius 2 is 1.78 bits per heavy atom. The third-order valence-electron chi connectivity index (χ3n) is 6.67. The van der Waals surface area contributed by atoms with Crippen molar-refractivity contribution in [1.29, 1.82) is 0 Å². The summed E-state index contributed by atoms with van der Waals surface area (Å²) < 4.78 is 6.80. The molecule has 0 fully saturated rings. The second-order valence-corrected chi connectivity index (χ2v) is 9.32. The van der Waals surface area contributed by atoms with Gasteiger partial charge in [0.2, 0.25) is 5.91 Å². The highest BCUT2D eigenvalue weighted by atomic mass is 16.5. The van der Waals surface area contributed by atoms with Crippen molar-refractivity contribution in [3.8, 4) is 5.75 Å². The molecular formula is C28H33N5O4. The molecule has 0 aliphatic carbocycles. The van der Waals surface area contributed by atoms with E-state index in [0.29, 0.717) is 32.5 Å². The van der Waals surface area contributed by atoms with Crippen molar-refractivity contribution in [3.05, 3.63) is 83.4 Å². The van der Waals surface area contributed by atoms with Gasteiger partial charge in [-0.2, -0.15) is 0 Å². The van der Waals surface area contributed by atoms with Gasteiger partial charge in [0.1, 0.15) is 17.0 Å². The summed E-state index contributed by atoms with van der Waals surface area (Å²) in [5.41, 5.74) is 1.19. The fourth-order valence-electron chi connectivity index (χ4n) is 4.59. The van der Waals surface area contributed by atoms with Crippen LogP contribution in [0.25, 0.3) is 0 Å². The molecule has 2 aromatic carbocycles. The van der Waals surface area contributed by atoms with E-state index in [9.17, 15) is 14.4 Å². The minimum Gasteiger partial charge on any atom is -0.497 e. The third kappa shape index (κ3) is 5.50. The summed E-state index contributed by atoms with van der Waals surface area (Å²) in [6.07, 6.45) is 2.81. The van der Waals surface area contributed by atoms with E-state index in [2.05, 4.69) is 15.6 Å². The first-order chi connectivity index (χ1) is 17.9. The largest absolute Gasteiger partial charge is 0.497 e. The van der Waals surface area contributed by atoms with E-state index in [-0.39, 0.29) is 29.7 Å². The number of imidazole rings is 1. The van der Waals surface area contributed by atoms with Crippen LogP contribution in [0.5, 0.6) is 5.75 Å². The maximum Gasteiger partial charge on any atom is 0.273 e. The molecule has 4 rings (SSSR count). The average molecular weight is 504 g/mol. The van der Waals surface area contributed by atoms with Crippen LogP contribution in [0.4, 0.5) is 0 Å². The van der Waals surface area contributed by atoms with Crippen molar-refractivity contribution in [1.82, 2.24) is 25.1 Å². The van der Waals surface area contributed by atoms with Gasteiger partial charge in [-0.1, -0.05) is 49.4 Å². The van der Waals surface area contributed by atoms with E-state index in [1.54, 1.807) is 23.5 Å². The van der Waals surface area contributed by atoms with E-state index < -0.39 is 11.4 Å². The molecule has 9 nitrogen and oxygen atoms in total. The molecule has 2 heterocycles. The molecule has 3 aromatic rings. The van der Waals surface area contributed by atoms with Gasteiger partial charge in [0.05, 0.1) is 20.0 Å². The summed E-state index contributed by atoms with van der Waals surface area (Å²) in [6.45, 7) is 5.03. The number of ether oxygens (including phenoxy) is 1. The number of fused-ring (bicyclic) bond motifs is 1. The zero-order chi connectivity index (χ0) is 26.4. The molecule has 3 amide bonds. The van der Waals surface area contributed by atoms with Crippen LogP contribution >= 0.6 is 0 Å². The Hall–Kier alpha value is -4.14. The fourth-order valence-corrected chi connectivity index (χ4v) is 4.59. The molecule has 37 heavy (non-hydrogen) atoms. The molecule has 0 radical (unpaired) electrons. The number of carbonyl (C=O) groups excluding carboxylic acids is 3. The Balaban J connectivity index is 1.48. The lowest BCUT2D eigenvalue weighted by Gasteiger charge is -2.43. The number of nitrogens with one attached hydrogen (secondary N) is 2. The minimum absolute atomic E-state index is 0.0832. The SMILES string of the molecule is CCCN1C(=O)c2c(C(=O)NCCc3ccccc3)ncn2CC1(C)C(=O)NCc1ccc(OC)cc1. The van der Waals surface area contributed by atoms with E-state index in [1.165, 1.54) is 6.33 Å². The van der Waals surface area contributed by atoms with Crippen LogP contribution in [-0.2, 0) is 24.3 Å². The van der Waals surface area contributed by atoms with Crippen LogP contribution in [0.3, 0.4) is 0 Å². The van der Waals surface area contributed by atoms with Crippen LogP contribution in [0, 0.1) is 0 Å². The van der Waals surface area contributed by atoms with Gasteiger partial charge in [0.15, 0.2) is 5.69 Å². The van der Waals surface area contributed by atoms with E-state index in [1.807, 2.05) is 61.5 Å². The molecule has 0 bridgehead atoms. The number of amides is 3. The second kappa shape index (κ2) is 11.3. The summed E-state index contributed by atoms with van der Waals surface area (Å²) in [4.78, 5) is 45.8. The summed E-state index contributed by atoms with van der Waals surface area (Å²) in [7, 11) is 1.60. The van der Waals surface area contributed by atoms with Gasteiger partial charge in [0, 0.05) is 19.6 Å². The average Bonchev–Trinajstić information content (AvgIpc) is 3.34. The Kier molecular flexibility index (Phi) is 7.91. The molecule has 0 saturated carbocycles. The molecule has 0 saturated heterocycles. The zero-order valence-electron chi connectivity index (χ0n) is 21.5. The Bertz CT molecular complexity index is 1260. The smallest absolute Gasteiger partial charge is 0.273 e. The third-order valence-corrected chi connectivity index (χ3v) is 6.67. The number of rotatable bonds is 10. The van der Waals surface area contributed by atoms with Crippen LogP contribution in [0.1, 0.15) is 52.4 Å². The number of aromatic nitrogens is 2. The monoisotopic (exact) mass is 503 g/mol. The zero-order valence-corrected chi connectivity index (χ0v) is 21.5. The van der Waals surface area contributed by atoms with E-state index >= 15 is 0 Å². The van der Waals surface area contributed by atoms with Gasteiger partial charge in [-0.25, -0.2) is 4.98 Å². The van der Waals surface area contributed by atoms with Crippen LogP contribution in [0.2, 0.25) is 0 Å². The van der Waals surface area contributed by atoms with E-state index in [4.69, 9.17) is 4.74 Å². The predicted molar refractivity (Wildman–Crippen MR) is 139 cm³/mol. The molecule has 194 valence electrons. The van der Waals surface area contributed by atoms with Gasteiger partial charge in [-0.15, -0.1) is 0 Å². The van der Waals surface area contributed by atoms with Gasteiger partial charge in [0.25, 0.3) is 11.8 Å². The van der Waals surface area contributed by atoms with Crippen LogP contribution in [0.15, 0.2) is 60.9 Å². The highest BCUT2D eigenvalue weighted by molar-refractivity contribution is 6.07. The van der Waals surface area contributed by atoms with Crippen molar-refractivity contribution >= 4 is 17.7 Å². The molecule has 2 N–H and O–H groups in total. The van der Waals surface area contributed by atoms with E-state index in [0.717, 1.165) is 16.9 Å². The van der Waals surface area contributed by atoms with Gasteiger partial charge in [-0.3, -0.25) is 14.4 Å². The number of benzene rings is 2. The highest BCUT2D eigenvalue weighted by Gasteiger charge is 2.48. The van der Waals surface area contributed by atoms with Crippen molar-refractivity contribution < 1.29 is 19.1 Å². The number of hydrogen-bond acceptors (Lipinski definition) is 5. The molecule has 1 unspecified atom stereocenters. The highest BCUT2D eigenvalue weighted by Crippen LogP contribution is 2.29. The molecule has 1 aliphatic heterocycles.